The number of unbranched alkanes of at least 4 members (excludes halogenated alkanes) is 11. The smallest absolute Gasteiger partial charge is 0.260 e. The number of amides is 2. The molecule has 1 unspecified atom stereocenters. The van der Waals surface area contributed by atoms with Crippen molar-refractivity contribution >= 4 is 11.8 Å². The van der Waals surface area contributed by atoms with Gasteiger partial charge in [-0.25, -0.2) is 0 Å². The largest absolute Gasteiger partial charge is 0.493 e. The molecule has 206 valence electrons. The second-order valence-electron chi connectivity index (χ2n) is 10.00. The molecule has 0 radical (unpaired) electrons. The van der Waals surface area contributed by atoms with Crippen molar-refractivity contribution in [3.63, 3.8) is 0 Å². The Balaban J connectivity index is 1.74. The van der Waals surface area contributed by atoms with Gasteiger partial charge in [-0.05, 0) is 36.9 Å². The van der Waals surface area contributed by atoms with E-state index in [0.717, 1.165) is 12.8 Å². The molecule has 37 heavy (non-hydrogen) atoms. The number of rotatable bonds is 18. The van der Waals surface area contributed by atoms with Crippen LogP contribution in [0.5, 0.6) is 11.5 Å². The highest BCUT2D eigenvalue weighted by Gasteiger charge is 2.25. The summed E-state index contributed by atoms with van der Waals surface area (Å²) in [5.41, 5.74) is 0.405. The van der Waals surface area contributed by atoms with E-state index < -0.39 is 0 Å². The predicted octanol–water partition coefficient (Wildman–Crippen LogP) is 7.15. The maximum absolute atomic E-state index is 13.2. The summed E-state index contributed by atoms with van der Waals surface area (Å²) in [4.78, 5) is 28.7. The summed E-state index contributed by atoms with van der Waals surface area (Å²) in [6.45, 7) is 4.59. The SMILES string of the molecule is CCCCCCCCCCCCCCOc1ccc(C(=O)N(CC2C=CC=CN2C)C(C)=O)cc1OC. The van der Waals surface area contributed by atoms with E-state index in [-0.39, 0.29) is 24.4 Å². The summed E-state index contributed by atoms with van der Waals surface area (Å²) in [6.07, 6.45) is 23.4. The maximum Gasteiger partial charge on any atom is 0.260 e. The molecule has 6 nitrogen and oxygen atoms in total. The molecule has 1 atom stereocenters. The summed E-state index contributed by atoms with van der Waals surface area (Å²) in [5.74, 6) is 0.504. The third-order valence-corrected chi connectivity index (χ3v) is 6.95. The van der Waals surface area contributed by atoms with E-state index in [9.17, 15) is 9.59 Å². The highest BCUT2D eigenvalue weighted by Crippen LogP contribution is 2.29. The number of methoxy groups -OCH3 is 1. The van der Waals surface area contributed by atoms with E-state index in [0.29, 0.717) is 23.7 Å². The highest BCUT2D eigenvalue weighted by molar-refractivity contribution is 6.04. The number of ether oxygens (including phenoxy) is 2. The van der Waals surface area contributed by atoms with Crippen molar-refractivity contribution in [2.45, 2.75) is 96.9 Å². The average Bonchev–Trinajstić information content (AvgIpc) is 2.90. The molecule has 2 rings (SSSR count). The standard InChI is InChI=1S/C31H48N2O4/c1-5-6-7-8-9-10-11-12-13-14-15-18-23-37-29-21-20-27(24-30(29)36-4)31(35)33(26(2)34)25-28-19-16-17-22-32(28)3/h16-17,19-22,24,28H,5-15,18,23,25H2,1-4H3. The number of allylic oxidation sites excluding steroid dienone is 2. The summed E-state index contributed by atoms with van der Waals surface area (Å²) < 4.78 is 11.5. The van der Waals surface area contributed by atoms with Crippen molar-refractivity contribution in [2.75, 3.05) is 27.3 Å². The first-order valence-electron chi connectivity index (χ1n) is 14.2. The van der Waals surface area contributed by atoms with Crippen molar-refractivity contribution in [3.05, 3.63) is 48.2 Å². The number of benzene rings is 1. The van der Waals surface area contributed by atoms with Gasteiger partial charge in [0, 0.05) is 19.5 Å². The van der Waals surface area contributed by atoms with Crippen LogP contribution in [0, 0.1) is 0 Å². The van der Waals surface area contributed by atoms with Crippen LogP contribution in [0.2, 0.25) is 0 Å². The Morgan fingerprint density at radius 3 is 2.08 bits per heavy atom. The lowest BCUT2D eigenvalue weighted by Crippen LogP contribution is -2.44. The molecule has 1 heterocycles. The summed E-state index contributed by atoms with van der Waals surface area (Å²) in [7, 11) is 3.50. The van der Waals surface area contributed by atoms with Crippen LogP contribution in [0.1, 0.15) is 101 Å². The van der Waals surface area contributed by atoms with Crippen molar-refractivity contribution < 1.29 is 19.1 Å². The van der Waals surface area contributed by atoms with E-state index in [1.54, 1.807) is 25.3 Å². The number of likely N-dealkylation sites (N-methyl/N-ethyl adjacent to an activating group) is 1. The van der Waals surface area contributed by atoms with Gasteiger partial charge in [-0.2, -0.15) is 0 Å². The fraction of sp³-hybridized carbons (Fsp3) is 0.613. The van der Waals surface area contributed by atoms with Gasteiger partial charge in [-0.3, -0.25) is 14.5 Å². The van der Waals surface area contributed by atoms with Crippen LogP contribution in [-0.4, -0.2) is 55.0 Å². The number of carbonyl (C=O) groups is 2. The molecular weight excluding hydrogens is 464 g/mol. The Labute approximate surface area is 224 Å². The van der Waals surface area contributed by atoms with Crippen LogP contribution in [-0.2, 0) is 4.79 Å². The molecule has 0 saturated carbocycles. The molecule has 1 aliphatic rings. The fourth-order valence-corrected chi connectivity index (χ4v) is 4.56. The van der Waals surface area contributed by atoms with Gasteiger partial charge in [0.05, 0.1) is 26.3 Å². The van der Waals surface area contributed by atoms with E-state index in [4.69, 9.17) is 9.47 Å². The maximum atomic E-state index is 13.2. The summed E-state index contributed by atoms with van der Waals surface area (Å²) in [5, 5.41) is 0. The number of hydrogen-bond acceptors (Lipinski definition) is 5. The van der Waals surface area contributed by atoms with Crippen LogP contribution in [0.3, 0.4) is 0 Å². The van der Waals surface area contributed by atoms with E-state index in [2.05, 4.69) is 6.92 Å². The number of carbonyl (C=O) groups excluding carboxylic acids is 2. The van der Waals surface area contributed by atoms with Crippen molar-refractivity contribution in [1.82, 2.24) is 9.80 Å². The van der Waals surface area contributed by atoms with Crippen LogP contribution < -0.4 is 9.47 Å². The minimum atomic E-state index is -0.338. The molecule has 0 spiro atoms. The molecule has 0 N–H and O–H groups in total. The Bertz CT molecular complexity index is 880. The summed E-state index contributed by atoms with van der Waals surface area (Å²) in [6, 6.07) is 5.08. The monoisotopic (exact) mass is 512 g/mol. The minimum absolute atomic E-state index is 0.0575. The number of nitrogens with zero attached hydrogens (tertiary/aromatic N) is 2. The lowest BCUT2D eigenvalue weighted by Gasteiger charge is -2.30. The molecule has 0 fully saturated rings. The first-order chi connectivity index (χ1) is 18.0. The van der Waals surface area contributed by atoms with Gasteiger partial charge in [0.1, 0.15) is 0 Å². The quantitative estimate of drug-likeness (QED) is 0.196. The normalized spacial score (nSPS) is 14.6. The van der Waals surface area contributed by atoms with Gasteiger partial charge in [-0.1, -0.05) is 89.7 Å². The van der Waals surface area contributed by atoms with Crippen molar-refractivity contribution in [2.24, 2.45) is 0 Å². The van der Waals surface area contributed by atoms with E-state index in [1.165, 1.54) is 76.0 Å². The minimum Gasteiger partial charge on any atom is -0.493 e. The average molecular weight is 513 g/mol. The molecule has 6 heteroatoms. The zero-order valence-electron chi connectivity index (χ0n) is 23.5. The van der Waals surface area contributed by atoms with E-state index in [1.807, 2.05) is 36.4 Å². The van der Waals surface area contributed by atoms with Crippen LogP contribution in [0.15, 0.2) is 42.6 Å². The number of imide groups is 1. The van der Waals surface area contributed by atoms with Gasteiger partial charge in [0.25, 0.3) is 5.91 Å². The second-order valence-corrected chi connectivity index (χ2v) is 10.00. The first kappa shape index (κ1) is 30.5. The summed E-state index contributed by atoms with van der Waals surface area (Å²) >= 11 is 0. The molecule has 1 aromatic rings. The van der Waals surface area contributed by atoms with E-state index >= 15 is 0 Å². The molecule has 0 aliphatic carbocycles. The Morgan fingerprint density at radius 1 is 0.892 bits per heavy atom. The van der Waals surface area contributed by atoms with Crippen molar-refractivity contribution in [3.8, 4) is 11.5 Å². The molecule has 1 aliphatic heterocycles. The molecule has 2 amide bonds. The third kappa shape index (κ3) is 11.0. The zero-order chi connectivity index (χ0) is 26.9. The lowest BCUT2D eigenvalue weighted by atomic mass is 10.1. The molecule has 0 aromatic heterocycles. The molecule has 1 aromatic carbocycles. The third-order valence-electron chi connectivity index (χ3n) is 6.95. The molecule has 0 bridgehead atoms. The number of hydrogen-bond donors (Lipinski definition) is 0. The van der Waals surface area contributed by atoms with Crippen LogP contribution in [0.4, 0.5) is 0 Å². The topological polar surface area (TPSA) is 59.1 Å². The molecule has 0 saturated heterocycles. The Kier molecular flexibility index (Phi) is 14.5. The predicted molar refractivity (Wildman–Crippen MR) is 151 cm³/mol. The Hall–Kier alpha value is -2.76. The van der Waals surface area contributed by atoms with Gasteiger partial charge in [0.2, 0.25) is 5.91 Å². The molecular formula is C31H48N2O4. The van der Waals surface area contributed by atoms with Crippen LogP contribution >= 0.6 is 0 Å². The van der Waals surface area contributed by atoms with Gasteiger partial charge >= 0.3 is 0 Å². The van der Waals surface area contributed by atoms with Gasteiger partial charge in [0.15, 0.2) is 11.5 Å². The lowest BCUT2D eigenvalue weighted by molar-refractivity contribution is -0.126. The van der Waals surface area contributed by atoms with Crippen molar-refractivity contribution in [1.29, 1.82) is 0 Å². The second kappa shape index (κ2) is 17.7. The highest BCUT2D eigenvalue weighted by atomic mass is 16.5. The fourth-order valence-electron chi connectivity index (χ4n) is 4.56. The van der Waals surface area contributed by atoms with Gasteiger partial charge < -0.3 is 14.4 Å². The zero-order valence-corrected chi connectivity index (χ0v) is 23.5. The first-order valence-corrected chi connectivity index (χ1v) is 14.2. The van der Waals surface area contributed by atoms with Gasteiger partial charge in [-0.15, -0.1) is 0 Å². The van der Waals surface area contributed by atoms with Crippen LogP contribution in [0.25, 0.3) is 0 Å². The Morgan fingerprint density at radius 2 is 1.51 bits per heavy atom.